The van der Waals surface area contributed by atoms with Gasteiger partial charge in [0.1, 0.15) is 0 Å². The standard InChI is InChI=1S/C13H17N3O/c1-3-11(14)13-15-12(16-17-13)8-10-7-5-4-6-9(10)2/h4-7,11H,3,8,14H2,1-2H3/t11-/m0/s1. The van der Waals surface area contributed by atoms with E-state index in [1.54, 1.807) is 0 Å². The van der Waals surface area contributed by atoms with Crippen LogP contribution in [0.5, 0.6) is 0 Å². The fourth-order valence-corrected chi connectivity index (χ4v) is 1.64. The number of nitrogens with zero attached hydrogens (tertiary/aromatic N) is 2. The molecule has 0 aliphatic carbocycles. The second-order valence-electron chi connectivity index (χ2n) is 4.17. The van der Waals surface area contributed by atoms with Crippen molar-refractivity contribution < 1.29 is 4.52 Å². The molecule has 4 heteroatoms. The average molecular weight is 231 g/mol. The summed E-state index contributed by atoms with van der Waals surface area (Å²) >= 11 is 0. The van der Waals surface area contributed by atoms with Gasteiger partial charge in [-0.3, -0.25) is 0 Å². The number of rotatable bonds is 4. The summed E-state index contributed by atoms with van der Waals surface area (Å²) in [6.07, 6.45) is 1.48. The van der Waals surface area contributed by atoms with Crippen molar-refractivity contribution in [2.24, 2.45) is 5.73 Å². The first-order chi connectivity index (χ1) is 8.20. The monoisotopic (exact) mass is 231 g/mol. The van der Waals surface area contributed by atoms with Crippen molar-refractivity contribution in [3.05, 3.63) is 47.1 Å². The molecular weight excluding hydrogens is 214 g/mol. The largest absolute Gasteiger partial charge is 0.338 e. The quantitative estimate of drug-likeness (QED) is 0.877. The summed E-state index contributed by atoms with van der Waals surface area (Å²) in [7, 11) is 0. The van der Waals surface area contributed by atoms with E-state index in [4.69, 9.17) is 10.3 Å². The predicted octanol–water partition coefficient (Wildman–Crippen LogP) is 2.38. The molecule has 17 heavy (non-hydrogen) atoms. The van der Waals surface area contributed by atoms with Crippen LogP contribution in [0.3, 0.4) is 0 Å². The molecule has 2 rings (SSSR count). The molecule has 1 aromatic carbocycles. The summed E-state index contributed by atoms with van der Waals surface area (Å²) in [6, 6.07) is 8.03. The van der Waals surface area contributed by atoms with Gasteiger partial charge < -0.3 is 10.3 Å². The highest BCUT2D eigenvalue weighted by molar-refractivity contribution is 5.27. The lowest BCUT2D eigenvalue weighted by Gasteiger charge is -2.01. The Balaban J connectivity index is 2.14. The van der Waals surface area contributed by atoms with Crippen LogP contribution in [0.2, 0.25) is 0 Å². The molecule has 0 unspecified atom stereocenters. The Morgan fingerprint density at radius 3 is 2.82 bits per heavy atom. The zero-order valence-corrected chi connectivity index (χ0v) is 10.2. The molecule has 0 aliphatic rings. The molecule has 0 bridgehead atoms. The Bertz CT molecular complexity index is 493. The van der Waals surface area contributed by atoms with Crippen LogP contribution in [0.25, 0.3) is 0 Å². The van der Waals surface area contributed by atoms with Crippen LogP contribution in [-0.4, -0.2) is 10.1 Å². The van der Waals surface area contributed by atoms with Crippen molar-refractivity contribution in [2.75, 3.05) is 0 Å². The maximum Gasteiger partial charge on any atom is 0.243 e. The van der Waals surface area contributed by atoms with Crippen LogP contribution >= 0.6 is 0 Å². The minimum absolute atomic E-state index is 0.159. The SMILES string of the molecule is CC[C@H](N)c1nc(Cc2ccccc2C)no1. The molecule has 0 saturated heterocycles. The Hall–Kier alpha value is -1.68. The molecule has 0 radical (unpaired) electrons. The maximum atomic E-state index is 5.83. The van der Waals surface area contributed by atoms with E-state index in [9.17, 15) is 0 Å². The number of nitrogens with two attached hydrogens (primary N) is 1. The number of hydrogen-bond acceptors (Lipinski definition) is 4. The van der Waals surface area contributed by atoms with E-state index in [1.807, 2.05) is 19.1 Å². The molecule has 0 fully saturated rings. The van der Waals surface area contributed by atoms with Gasteiger partial charge >= 0.3 is 0 Å². The van der Waals surface area contributed by atoms with Crippen LogP contribution < -0.4 is 5.73 Å². The lowest BCUT2D eigenvalue weighted by molar-refractivity contribution is 0.348. The predicted molar refractivity (Wildman–Crippen MR) is 65.5 cm³/mol. The van der Waals surface area contributed by atoms with Gasteiger partial charge in [-0.2, -0.15) is 4.98 Å². The molecule has 0 amide bonds. The summed E-state index contributed by atoms with van der Waals surface area (Å²) in [6.45, 7) is 4.07. The second-order valence-corrected chi connectivity index (χ2v) is 4.17. The highest BCUT2D eigenvalue weighted by Crippen LogP contribution is 2.14. The minimum atomic E-state index is -0.159. The lowest BCUT2D eigenvalue weighted by atomic mass is 10.1. The van der Waals surface area contributed by atoms with Gasteiger partial charge in [0, 0.05) is 6.42 Å². The van der Waals surface area contributed by atoms with Gasteiger partial charge in [0.15, 0.2) is 5.82 Å². The Kier molecular flexibility index (Phi) is 3.54. The first-order valence-electron chi connectivity index (χ1n) is 5.83. The Morgan fingerprint density at radius 2 is 2.12 bits per heavy atom. The molecule has 90 valence electrons. The zero-order chi connectivity index (χ0) is 12.3. The first kappa shape index (κ1) is 11.8. The lowest BCUT2D eigenvalue weighted by Crippen LogP contribution is -2.09. The Morgan fingerprint density at radius 1 is 1.35 bits per heavy atom. The van der Waals surface area contributed by atoms with Gasteiger partial charge in [-0.15, -0.1) is 0 Å². The highest BCUT2D eigenvalue weighted by atomic mass is 16.5. The van der Waals surface area contributed by atoms with E-state index in [1.165, 1.54) is 11.1 Å². The average Bonchev–Trinajstić information content (AvgIpc) is 2.80. The summed E-state index contributed by atoms with van der Waals surface area (Å²) in [5.41, 5.74) is 8.28. The fourth-order valence-electron chi connectivity index (χ4n) is 1.64. The summed E-state index contributed by atoms with van der Waals surface area (Å²) in [4.78, 5) is 4.31. The van der Waals surface area contributed by atoms with E-state index < -0.39 is 0 Å². The van der Waals surface area contributed by atoms with Crippen molar-refractivity contribution in [1.82, 2.24) is 10.1 Å². The number of hydrogen-bond donors (Lipinski definition) is 1. The minimum Gasteiger partial charge on any atom is -0.338 e. The van der Waals surface area contributed by atoms with Crippen LogP contribution in [-0.2, 0) is 6.42 Å². The van der Waals surface area contributed by atoms with Gasteiger partial charge in [-0.05, 0) is 24.5 Å². The molecule has 1 aromatic heterocycles. The number of aryl methyl sites for hydroxylation is 1. The van der Waals surface area contributed by atoms with Crippen molar-refractivity contribution in [1.29, 1.82) is 0 Å². The van der Waals surface area contributed by atoms with Crippen molar-refractivity contribution in [3.8, 4) is 0 Å². The molecule has 1 heterocycles. The number of aromatic nitrogens is 2. The van der Waals surface area contributed by atoms with Gasteiger partial charge in [0.25, 0.3) is 0 Å². The van der Waals surface area contributed by atoms with Crippen LogP contribution in [0, 0.1) is 6.92 Å². The van der Waals surface area contributed by atoms with E-state index >= 15 is 0 Å². The Labute approximate surface area is 101 Å². The zero-order valence-electron chi connectivity index (χ0n) is 10.2. The normalized spacial score (nSPS) is 12.6. The van der Waals surface area contributed by atoms with E-state index in [0.29, 0.717) is 18.1 Å². The first-order valence-corrected chi connectivity index (χ1v) is 5.83. The molecule has 2 N–H and O–H groups in total. The third-order valence-corrected chi connectivity index (χ3v) is 2.85. The smallest absolute Gasteiger partial charge is 0.243 e. The molecule has 0 saturated carbocycles. The number of benzene rings is 1. The van der Waals surface area contributed by atoms with E-state index in [-0.39, 0.29) is 6.04 Å². The van der Waals surface area contributed by atoms with Gasteiger partial charge in [-0.1, -0.05) is 36.3 Å². The van der Waals surface area contributed by atoms with E-state index in [2.05, 4.69) is 29.2 Å². The summed E-state index contributed by atoms with van der Waals surface area (Å²) in [5, 5.41) is 3.96. The third kappa shape index (κ3) is 2.71. The van der Waals surface area contributed by atoms with Crippen LogP contribution in [0.1, 0.15) is 42.2 Å². The van der Waals surface area contributed by atoms with Gasteiger partial charge in [0.2, 0.25) is 5.89 Å². The third-order valence-electron chi connectivity index (χ3n) is 2.85. The molecule has 0 spiro atoms. The van der Waals surface area contributed by atoms with Gasteiger partial charge in [-0.25, -0.2) is 0 Å². The summed E-state index contributed by atoms with van der Waals surface area (Å²) < 4.78 is 5.14. The van der Waals surface area contributed by atoms with Crippen LogP contribution in [0.15, 0.2) is 28.8 Å². The molecular formula is C13H17N3O. The van der Waals surface area contributed by atoms with Crippen molar-refractivity contribution in [3.63, 3.8) is 0 Å². The van der Waals surface area contributed by atoms with Crippen LogP contribution in [0.4, 0.5) is 0 Å². The molecule has 2 aromatic rings. The fraction of sp³-hybridized carbons (Fsp3) is 0.385. The second kappa shape index (κ2) is 5.10. The summed E-state index contributed by atoms with van der Waals surface area (Å²) in [5.74, 6) is 1.22. The topological polar surface area (TPSA) is 64.9 Å². The van der Waals surface area contributed by atoms with Crippen molar-refractivity contribution in [2.45, 2.75) is 32.7 Å². The molecule has 1 atom stereocenters. The van der Waals surface area contributed by atoms with Crippen molar-refractivity contribution >= 4 is 0 Å². The molecule has 0 aliphatic heterocycles. The maximum absolute atomic E-state index is 5.83. The molecule has 4 nitrogen and oxygen atoms in total. The van der Waals surface area contributed by atoms with Gasteiger partial charge in [0.05, 0.1) is 6.04 Å². The highest BCUT2D eigenvalue weighted by Gasteiger charge is 2.13. The van der Waals surface area contributed by atoms with E-state index in [0.717, 1.165) is 6.42 Å².